The second kappa shape index (κ2) is 5.89. The van der Waals surface area contributed by atoms with E-state index >= 15 is 0 Å². The van der Waals surface area contributed by atoms with Gasteiger partial charge in [0.25, 0.3) is 0 Å². The van der Waals surface area contributed by atoms with Crippen molar-refractivity contribution in [3.8, 4) is 0 Å². The Morgan fingerprint density at radius 1 is 1.43 bits per heavy atom. The van der Waals surface area contributed by atoms with E-state index in [4.69, 9.17) is 11.6 Å². The van der Waals surface area contributed by atoms with Crippen LogP contribution >= 0.6 is 43.5 Å². The average molecular weight is 340 g/mol. The summed E-state index contributed by atoms with van der Waals surface area (Å²) in [7, 11) is 0. The van der Waals surface area contributed by atoms with E-state index in [9.17, 15) is 4.79 Å². The van der Waals surface area contributed by atoms with Crippen molar-refractivity contribution >= 4 is 49.2 Å². The van der Waals surface area contributed by atoms with Crippen LogP contribution in [0.1, 0.15) is 22.3 Å². The van der Waals surface area contributed by atoms with E-state index in [-0.39, 0.29) is 5.78 Å². The Balaban J connectivity index is 2.94. The molecule has 0 aliphatic rings. The predicted octanol–water partition coefficient (Wildman–Crippen LogP) is 4.16. The molecule has 14 heavy (non-hydrogen) atoms. The maximum atomic E-state index is 11.5. The third-order valence-electron chi connectivity index (χ3n) is 1.83. The number of rotatable bonds is 4. The maximum Gasteiger partial charge on any atom is 0.163 e. The van der Waals surface area contributed by atoms with Gasteiger partial charge in [-0.1, -0.05) is 37.9 Å². The van der Waals surface area contributed by atoms with Gasteiger partial charge in [-0.3, -0.25) is 4.79 Å². The van der Waals surface area contributed by atoms with E-state index in [1.54, 1.807) is 0 Å². The normalized spacial score (nSPS) is 10.2. The zero-order valence-electron chi connectivity index (χ0n) is 7.40. The molecule has 0 heterocycles. The summed E-state index contributed by atoms with van der Waals surface area (Å²) in [4.78, 5) is 11.5. The summed E-state index contributed by atoms with van der Waals surface area (Å²) in [6, 6.07) is 5.51. The molecule has 0 aliphatic carbocycles. The van der Waals surface area contributed by atoms with Crippen molar-refractivity contribution in [2.45, 2.75) is 12.3 Å². The molecule has 0 unspecified atom stereocenters. The van der Waals surface area contributed by atoms with Crippen LogP contribution in [-0.4, -0.2) is 11.1 Å². The van der Waals surface area contributed by atoms with Crippen LogP contribution in [0.5, 0.6) is 0 Å². The number of carbonyl (C=O) groups excluding carboxylic acids is 1. The molecule has 0 aromatic heterocycles. The minimum absolute atomic E-state index is 0.140. The quantitative estimate of drug-likeness (QED) is 0.594. The maximum absolute atomic E-state index is 11.5. The first-order valence-electron chi connectivity index (χ1n) is 4.12. The van der Waals surface area contributed by atoms with Gasteiger partial charge >= 0.3 is 0 Å². The summed E-state index contributed by atoms with van der Waals surface area (Å²) in [5, 5.41) is 0.693. The number of ketones is 1. The molecule has 0 aliphatic heterocycles. The molecule has 1 aromatic carbocycles. The highest BCUT2D eigenvalue weighted by Gasteiger charge is 2.07. The molecule has 0 N–H and O–H groups in total. The fourth-order valence-corrected chi connectivity index (χ4v) is 2.21. The molecule has 0 amide bonds. The highest BCUT2D eigenvalue weighted by molar-refractivity contribution is 9.10. The third-order valence-corrected chi connectivity index (χ3v) is 3.29. The molecular formula is C10H9Br2ClO. The van der Waals surface area contributed by atoms with Gasteiger partial charge in [0.15, 0.2) is 5.78 Å². The molecule has 0 bridgehead atoms. The lowest BCUT2D eigenvalue weighted by Crippen LogP contribution is -2.00. The fraction of sp³-hybridized carbons (Fsp3) is 0.300. The van der Waals surface area contributed by atoms with Crippen LogP contribution in [0, 0.1) is 0 Å². The van der Waals surface area contributed by atoms with E-state index in [1.807, 2.05) is 18.2 Å². The Morgan fingerprint density at radius 2 is 2.14 bits per heavy atom. The van der Waals surface area contributed by atoms with Crippen LogP contribution in [0.15, 0.2) is 22.7 Å². The smallest absolute Gasteiger partial charge is 0.163 e. The summed E-state index contributed by atoms with van der Waals surface area (Å²) in [6.07, 6.45) is 0.517. The van der Waals surface area contributed by atoms with Gasteiger partial charge in [-0.15, -0.1) is 11.6 Å². The lowest BCUT2D eigenvalue weighted by atomic mass is 10.1. The minimum Gasteiger partial charge on any atom is -0.294 e. The zero-order valence-corrected chi connectivity index (χ0v) is 11.3. The second-order valence-electron chi connectivity index (χ2n) is 2.80. The van der Waals surface area contributed by atoms with E-state index in [2.05, 4.69) is 31.9 Å². The van der Waals surface area contributed by atoms with Crippen LogP contribution < -0.4 is 0 Å². The summed E-state index contributed by atoms with van der Waals surface area (Å²) in [5.41, 5.74) is 1.68. The van der Waals surface area contributed by atoms with Gasteiger partial charge in [-0.05, 0) is 17.7 Å². The number of alkyl halides is 2. The van der Waals surface area contributed by atoms with Crippen LogP contribution in [0.25, 0.3) is 0 Å². The molecule has 0 fully saturated rings. The SMILES string of the molecule is O=C(CCBr)c1ccc(Br)c(CCl)c1. The number of hydrogen-bond donors (Lipinski definition) is 0. The van der Waals surface area contributed by atoms with Crippen LogP contribution in [0.4, 0.5) is 0 Å². The number of carbonyl (C=O) groups is 1. The topological polar surface area (TPSA) is 17.1 Å². The zero-order chi connectivity index (χ0) is 10.6. The molecule has 0 saturated heterocycles. The van der Waals surface area contributed by atoms with Crippen molar-refractivity contribution in [3.63, 3.8) is 0 Å². The minimum atomic E-state index is 0.140. The first-order chi connectivity index (χ1) is 6.69. The first kappa shape index (κ1) is 12.2. The molecular weight excluding hydrogens is 331 g/mol. The fourth-order valence-electron chi connectivity index (χ4n) is 1.08. The number of hydrogen-bond acceptors (Lipinski definition) is 1. The van der Waals surface area contributed by atoms with Crippen LogP contribution in [-0.2, 0) is 5.88 Å². The van der Waals surface area contributed by atoms with Crippen molar-refractivity contribution in [1.82, 2.24) is 0 Å². The monoisotopic (exact) mass is 338 g/mol. The van der Waals surface area contributed by atoms with Gasteiger partial charge in [-0.25, -0.2) is 0 Å². The van der Waals surface area contributed by atoms with Crippen LogP contribution in [0.2, 0.25) is 0 Å². The summed E-state index contributed by atoms with van der Waals surface area (Å²) >= 11 is 12.4. The molecule has 76 valence electrons. The first-order valence-corrected chi connectivity index (χ1v) is 6.57. The van der Waals surface area contributed by atoms with Crippen molar-refractivity contribution in [1.29, 1.82) is 0 Å². The van der Waals surface area contributed by atoms with Crippen molar-refractivity contribution in [2.75, 3.05) is 5.33 Å². The predicted molar refractivity (Wildman–Crippen MR) is 66.4 cm³/mol. The number of Topliss-reactive ketones (excluding diaryl/α,β-unsaturated/α-hetero) is 1. The van der Waals surface area contributed by atoms with Gasteiger partial charge in [0.05, 0.1) is 0 Å². The molecule has 1 aromatic rings. The van der Waals surface area contributed by atoms with E-state index < -0.39 is 0 Å². The van der Waals surface area contributed by atoms with E-state index in [0.717, 1.165) is 15.6 Å². The average Bonchev–Trinajstić information content (AvgIpc) is 2.19. The number of benzene rings is 1. The van der Waals surface area contributed by atoms with Crippen molar-refractivity contribution in [3.05, 3.63) is 33.8 Å². The van der Waals surface area contributed by atoms with Gasteiger partial charge in [-0.2, -0.15) is 0 Å². The largest absolute Gasteiger partial charge is 0.294 e. The summed E-state index contributed by atoms with van der Waals surface area (Å²) < 4.78 is 0.947. The van der Waals surface area contributed by atoms with Crippen LogP contribution in [0.3, 0.4) is 0 Å². The van der Waals surface area contributed by atoms with E-state index in [0.29, 0.717) is 17.6 Å². The molecule has 4 heteroatoms. The van der Waals surface area contributed by atoms with Gasteiger partial charge in [0, 0.05) is 27.7 Å². The molecule has 1 nitrogen and oxygen atoms in total. The Hall–Kier alpha value is 0.140. The highest BCUT2D eigenvalue weighted by Crippen LogP contribution is 2.20. The summed E-state index contributed by atoms with van der Waals surface area (Å²) in [6.45, 7) is 0. The molecule has 0 saturated carbocycles. The van der Waals surface area contributed by atoms with Gasteiger partial charge in [0.2, 0.25) is 0 Å². The Kier molecular flexibility index (Phi) is 5.13. The lowest BCUT2D eigenvalue weighted by Gasteiger charge is -2.03. The molecule has 1 rings (SSSR count). The van der Waals surface area contributed by atoms with Crippen molar-refractivity contribution in [2.24, 2.45) is 0 Å². The third kappa shape index (κ3) is 3.07. The molecule has 0 radical (unpaired) electrons. The van der Waals surface area contributed by atoms with Crippen molar-refractivity contribution < 1.29 is 4.79 Å². The Bertz CT molecular complexity index is 339. The van der Waals surface area contributed by atoms with Gasteiger partial charge in [0.1, 0.15) is 0 Å². The van der Waals surface area contributed by atoms with E-state index in [1.165, 1.54) is 0 Å². The standard InChI is InChI=1S/C10H9Br2ClO/c11-4-3-10(14)7-1-2-9(12)8(5-7)6-13/h1-2,5H,3-4,6H2. The van der Waals surface area contributed by atoms with Gasteiger partial charge < -0.3 is 0 Å². The second-order valence-corrected chi connectivity index (χ2v) is 4.72. The highest BCUT2D eigenvalue weighted by atomic mass is 79.9. The molecule has 0 atom stereocenters. The Morgan fingerprint density at radius 3 is 2.71 bits per heavy atom. The molecule has 0 spiro atoms. The Labute approximate surface area is 105 Å². The summed E-state index contributed by atoms with van der Waals surface area (Å²) in [5.74, 6) is 0.552. The number of halogens is 3. The lowest BCUT2D eigenvalue weighted by molar-refractivity contribution is 0.0990.